The molecule has 0 atom stereocenters. The summed E-state index contributed by atoms with van der Waals surface area (Å²) in [4.78, 5) is 29.2. The molecule has 1 N–H and O–H groups in total. The predicted octanol–water partition coefficient (Wildman–Crippen LogP) is 3.02. The number of anilines is 1. The number of rotatable bonds is 4. The summed E-state index contributed by atoms with van der Waals surface area (Å²) in [7, 11) is 0. The molecule has 4 aromatic rings. The highest BCUT2D eigenvalue weighted by atomic mass is 16.2. The van der Waals surface area contributed by atoms with Crippen LogP contribution in [0.25, 0.3) is 22.4 Å². The van der Waals surface area contributed by atoms with E-state index in [1.165, 1.54) is 17.2 Å². The van der Waals surface area contributed by atoms with Gasteiger partial charge in [-0.15, -0.1) is 10.2 Å². The molecule has 5 rings (SSSR count). The summed E-state index contributed by atoms with van der Waals surface area (Å²) in [6.45, 7) is 0.818. The van der Waals surface area contributed by atoms with E-state index in [0.717, 1.165) is 43.0 Å². The van der Waals surface area contributed by atoms with E-state index in [4.69, 9.17) is 0 Å². The van der Waals surface area contributed by atoms with Gasteiger partial charge in [-0.3, -0.25) is 14.2 Å². The molecule has 0 saturated carbocycles. The second-order valence-corrected chi connectivity index (χ2v) is 7.70. The average Bonchev–Trinajstić information content (AvgIpc) is 3.04. The Bertz CT molecular complexity index is 1320. The Morgan fingerprint density at radius 2 is 1.94 bits per heavy atom. The molecule has 156 valence electrons. The Morgan fingerprint density at radius 3 is 2.87 bits per heavy atom. The first kappa shape index (κ1) is 19.2. The smallest absolute Gasteiger partial charge is 0.269 e. The largest absolute Gasteiger partial charge is 0.325 e. The molecule has 0 saturated heterocycles. The second-order valence-electron chi connectivity index (χ2n) is 7.70. The zero-order valence-corrected chi connectivity index (χ0v) is 17.0. The van der Waals surface area contributed by atoms with Crippen LogP contribution in [0.5, 0.6) is 0 Å². The summed E-state index contributed by atoms with van der Waals surface area (Å²) in [6, 6.07) is 14.9. The quantitative estimate of drug-likeness (QED) is 0.554. The Kier molecular flexibility index (Phi) is 5.03. The number of carbonyl (C=O) groups is 1. The predicted molar refractivity (Wildman–Crippen MR) is 118 cm³/mol. The van der Waals surface area contributed by atoms with Crippen LogP contribution in [0.1, 0.15) is 25.1 Å². The Morgan fingerprint density at radius 1 is 1.03 bits per heavy atom. The second kappa shape index (κ2) is 8.14. The molecule has 0 aliphatic carbocycles. The summed E-state index contributed by atoms with van der Waals surface area (Å²) in [5.41, 5.74) is 2.55. The number of hydrogen-bond donors (Lipinski definition) is 1. The number of amides is 1. The van der Waals surface area contributed by atoms with Crippen molar-refractivity contribution in [2.45, 2.75) is 38.8 Å². The lowest BCUT2D eigenvalue weighted by Crippen LogP contribution is -2.28. The van der Waals surface area contributed by atoms with E-state index in [1.807, 2.05) is 42.5 Å². The van der Waals surface area contributed by atoms with Gasteiger partial charge < -0.3 is 9.88 Å². The first-order valence-electron chi connectivity index (χ1n) is 10.5. The van der Waals surface area contributed by atoms with Gasteiger partial charge in [0, 0.05) is 24.2 Å². The number of fused-ring (bicyclic) bond motifs is 2. The van der Waals surface area contributed by atoms with Crippen molar-refractivity contribution < 1.29 is 4.79 Å². The van der Waals surface area contributed by atoms with Gasteiger partial charge in [0.1, 0.15) is 12.4 Å². The molecule has 3 heterocycles. The van der Waals surface area contributed by atoms with E-state index in [-0.39, 0.29) is 18.0 Å². The van der Waals surface area contributed by atoms with Gasteiger partial charge in [0.25, 0.3) is 5.56 Å². The lowest BCUT2D eigenvalue weighted by Gasteiger charge is -2.11. The minimum atomic E-state index is -0.311. The summed E-state index contributed by atoms with van der Waals surface area (Å²) in [5.74, 6) is 1.56. The van der Waals surface area contributed by atoms with E-state index in [9.17, 15) is 9.59 Å². The van der Waals surface area contributed by atoms with Crippen molar-refractivity contribution in [1.82, 2.24) is 24.3 Å². The van der Waals surface area contributed by atoms with Crippen molar-refractivity contribution in [2.75, 3.05) is 5.32 Å². The molecule has 8 nitrogen and oxygen atoms in total. The van der Waals surface area contributed by atoms with Gasteiger partial charge in [-0.25, -0.2) is 4.98 Å². The number of aryl methyl sites for hydroxylation is 1. The zero-order valence-electron chi connectivity index (χ0n) is 17.0. The van der Waals surface area contributed by atoms with Gasteiger partial charge >= 0.3 is 0 Å². The number of aromatic nitrogens is 5. The van der Waals surface area contributed by atoms with E-state index in [2.05, 4.69) is 25.1 Å². The fourth-order valence-corrected chi connectivity index (χ4v) is 4.06. The number of hydrogen-bond acceptors (Lipinski definition) is 5. The maximum atomic E-state index is 12.7. The van der Waals surface area contributed by atoms with Gasteiger partial charge in [0.05, 0.1) is 17.2 Å². The van der Waals surface area contributed by atoms with Crippen LogP contribution in [0, 0.1) is 0 Å². The minimum absolute atomic E-state index is 0.0908. The molecule has 0 fully saturated rings. The molecule has 0 unspecified atom stereocenters. The molecule has 0 bridgehead atoms. The van der Waals surface area contributed by atoms with Crippen LogP contribution >= 0.6 is 0 Å². The van der Waals surface area contributed by atoms with Crippen LogP contribution in [-0.4, -0.2) is 30.2 Å². The van der Waals surface area contributed by atoms with E-state index < -0.39 is 0 Å². The van der Waals surface area contributed by atoms with Crippen molar-refractivity contribution in [1.29, 1.82) is 0 Å². The molecule has 1 amide bonds. The van der Waals surface area contributed by atoms with Crippen LogP contribution in [0.2, 0.25) is 0 Å². The molecular weight excluding hydrogens is 392 g/mol. The monoisotopic (exact) mass is 414 g/mol. The highest BCUT2D eigenvalue weighted by Gasteiger charge is 2.16. The topological polar surface area (TPSA) is 94.7 Å². The van der Waals surface area contributed by atoms with Crippen LogP contribution in [0.3, 0.4) is 0 Å². The highest BCUT2D eigenvalue weighted by molar-refractivity contribution is 5.92. The van der Waals surface area contributed by atoms with E-state index in [0.29, 0.717) is 16.7 Å². The van der Waals surface area contributed by atoms with Gasteiger partial charge in [-0.05, 0) is 37.1 Å². The first-order valence-corrected chi connectivity index (χ1v) is 10.5. The normalized spacial score (nSPS) is 13.5. The highest BCUT2D eigenvalue weighted by Crippen LogP contribution is 2.25. The number of nitrogens with one attached hydrogen (secondary N) is 1. The summed E-state index contributed by atoms with van der Waals surface area (Å²) in [6.07, 6.45) is 5.63. The molecule has 8 heteroatoms. The fourth-order valence-electron chi connectivity index (χ4n) is 4.06. The Hall–Kier alpha value is -3.81. The average molecular weight is 414 g/mol. The van der Waals surface area contributed by atoms with Gasteiger partial charge in [0.2, 0.25) is 5.91 Å². The number of para-hydroxylation sites is 2. The lowest BCUT2D eigenvalue weighted by atomic mass is 10.2. The van der Waals surface area contributed by atoms with Crippen LogP contribution in [-0.2, 0) is 24.3 Å². The molecule has 1 aliphatic heterocycles. The number of carbonyl (C=O) groups excluding carboxylic acids is 1. The van der Waals surface area contributed by atoms with Gasteiger partial charge in [-0.1, -0.05) is 30.7 Å². The molecule has 2 aromatic heterocycles. The van der Waals surface area contributed by atoms with E-state index >= 15 is 0 Å². The van der Waals surface area contributed by atoms with Gasteiger partial charge in [-0.2, -0.15) is 0 Å². The molecular formula is C23H22N6O2. The zero-order chi connectivity index (χ0) is 21.2. The van der Waals surface area contributed by atoms with Crippen LogP contribution in [0.4, 0.5) is 5.69 Å². The van der Waals surface area contributed by atoms with Crippen molar-refractivity contribution >= 4 is 22.6 Å². The fraction of sp³-hybridized carbons (Fsp3) is 0.261. The third-order valence-corrected chi connectivity index (χ3v) is 5.57. The SMILES string of the molecule is O=C(Cn1c(=O)cnc2ccccc21)Nc1cccc(-c2nnc3n2CCCCC3)c1. The standard InChI is InChI=1S/C23H22N6O2/c30-21(15-29-19-10-4-3-9-18(19)24-14-22(29)31)25-17-8-6-7-16(13-17)23-27-26-20-11-2-1-5-12-28(20)23/h3-4,6-10,13-14H,1-2,5,11-12,15H2,(H,25,30). The van der Waals surface area contributed by atoms with Crippen molar-refractivity contribution in [3.63, 3.8) is 0 Å². The third kappa shape index (κ3) is 3.84. The maximum Gasteiger partial charge on any atom is 0.269 e. The molecule has 1 aliphatic rings. The third-order valence-electron chi connectivity index (χ3n) is 5.57. The van der Waals surface area contributed by atoms with E-state index in [1.54, 1.807) is 6.07 Å². The molecule has 2 aromatic carbocycles. The minimum Gasteiger partial charge on any atom is -0.325 e. The van der Waals surface area contributed by atoms with Crippen LogP contribution < -0.4 is 10.9 Å². The lowest BCUT2D eigenvalue weighted by molar-refractivity contribution is -0.116. The number of benzene rings is 2. The van der Waals surface area contributed by atoms with Crippen molar-refractivity contribution in [3.05, 3.63) is 70.9 Å². The first-order chi connectivity index (χ1) is 15.2. The number of nitrogens with zero attached hydrogens (tertiary/aromatic N) is 5. The Balaban J connectivity index is 1.39. The Labute approximate surface area is 178 Å². The maximum absolute atomic E-state index is 12.7. The van der Waals surface area contributed by atoms with Crippen molar-refractivity contribution in [3.8, 4) is 11.4 Å². The summed E-state index contributed by atoms with van der Waals surface area (Å²) < 4.78 is 3.61. The summed E-state index contributed by atoms with van der Waals surface area (Å²) >= 11 is 0. The van der Waals surface area contributed by atoms with Crippen LogP contribution in [0.15, 0.2) is 59.5 Å². The van der Waals surface area contributed by atoms with Crippen molar-refractivity contribution in [2.24, 2.45) is 0 Å². The molecule has 31 heavy (non-hydrogen) atoms. The molecule has 0 radical (unpaired) electrons. The van der Waals surface area contributed by atoms with Gasteiger partial charge in [0.15, 0.2) is 5.82 Å². The summed E-state index contributed by atoms with van der Waals surface area (Å²) in [5, 5.41) is 11.7. The molecule has 0 spiro atoms.